The molecule has 0 aromatic carbocycles. The Kier molecular flexibility index (Phi) is 2.53. The van der Waals surface area contributed by atoms with Gasteiger partial charge in [-0.3, -0.25) is 4.79 Å². The third-order valence-corrected chi connectivity index (χ3v) is 3.76. The van der Waals surface area contributed by atoms with Gasteiger partial charge in [0.25, 0.3) is 0 Å². The molecule has 0 aliphatic heterocycles. The van der Waals surface area contributed by atoms with Crippen molar-refractivity contribution in [3.8, 4) is 0 Å². The Morgan fingerprint density at radius 3 is 2.20 bits per heavy atom. The number of carbonyl (C=O) groups is 1. The van der Waals surface area contributed by atoms with Crippen molar-refractivity contribution in [2.24, 2.45) is 11.1 Å². The molecule has 0 amide bonds. The van der Waals surface area contributed by atoms with E-state index in [4.69, 9.17) is 10.5 Å². The highest BCUT2D eigenvalue weighted by molar-refractivity contribution is 5.83. The number of rotatable bonds is 2. The molecule has 0 spiro atoms. The first-order chi connectivity index (χ1) is 6.91. The highest BCUT2D eigenvalue weighted by Crippen LogP contribution is 2.38. The van der Waals surface area contributed by atoms with Crippen LogP contribution < -0.4 is 5.73 Å². The van der Waals surface area contributed by atoms with Gasteiger partial charge in [0.05, 0.1) is 0 Å². The topological polar surface area (TPSA) is 52.3 Å². The Hall–Kier alpha value is -0.570. The molecule has 3 heteroatoms. The smallest absolute Gasteiger partial charge is 0.326 e. The van der Waals surface area contributed by atoms with E-state index in [0.29, 0.717) is 5.41 Å². The second kappa shape index (κ2) is 3.48. The van der Waals surface area contributed by atoms with Crippen molar-refractivity contribution >= 4 is 5.97 Å². The van der Waals surface area contributed by atoms with Crippen LogP contribution in [0.1, 0.15) is 52.4 Å². The number of carbonyl (C=O) groups excluding carboxylic acids is 1. The van der Waals surface area contributed by atoms with Crippen molar-refractivity contribution < 1.29 is 9.53 Å². The molecule has 2 fully saturated rings. The molecule has 0 radical (unpaired) electrons. The van der Waals surface area contributed by atoms with Gasteiger partial charge < -0.3 is 10.5 Å². The molecule has 0 saturated heterocycles. The molecule has 15 heavy (non-hydrogen) atoms. The fraction of sp³-hybridized carbons (Fsp3) is 0.917. The van der Waals surface area contributed by atoms with Gasteiger partial charge in [-0.1, -0.05) is 13.8 Å². The minimum absolute atomic E-state index is 0.117. The third-order valence-electron chi connectivity index (χ3n) is 3.76. The van der Waals surface area contributed by atoms with Crippen LogP contribution in [0.2, 0.25) is 0 Å². The molecule has 2 rings (SSSR count). The Balaban J connectivity index is 1.79. The normalized spacial score (nSPS) is 28.5. The lowest BCUT2D eigenvalue weighted by molar-refractivity contribution is -0.154. The third kappa shape index (κ3) is 2.51. The fourth-order valence-electron chi connectivity index (χ4n) is 2.10. The van der Waals surface area contributed by atoms with Gasteiger partial charge in [0.1, 0.15) is 11.6 Å². The highest BCUT2D eigenvalue weighted by Gasteiger charge is 2.48. The Morgan fingerprint density at radius 2 is 1.73 bits per heavy atom. The van der Waals surface area contributed by atoms with E-state index in [2.05, 4.69) is 13.8 Å². The van der Waals surface area contributed by atoms with Gasteiger partial charge in [0.15, 0.2) is 0 Å². The highest BCUT2D eigenvalue weighted by atomic mass is 16.5. The van der Waals surface area contributed by atoms with Gasteiger partial charge in [0, 0.05) is 0 Å². The predicted molar refractivity (Wildman–Crippen MR) is 58.3 cm³/mol. The molecule has 2 aliphatic rings. The quantitative estimate of drug-likeness (QED) is 0.711. The molecule has 0 aromatic rings. The van der Waals surface area contributed by atoms with E-state index in [0.717, 1.165) is 38.5 Å². The van der Waals surface area contributed by atoms with Crippen LogP contribution in [0.5, 0.6) is 0 Å². The molecule has 0 heterocycles. The molecule has 0 aromatic heterocycles. The van der Waals surface area contributed by atoms with Crippen molar-refractivity contribution in [1.29, 1.82) is 0 Å². The second-order valence-corrected chi connectivity index (χ2v) is 5.93. The Morgan fingerprint density at radius 1 is 1.20 bits per heavy atom. The zero-order valence-electron chi connectivity index (χ0n) is 9.71. The van der Waals surface area contributed by atoms with Crippen molar-refractivity contribution in [2.75, 3.05) is 0 Å². The Bertz CT molecular complexity index is 259. The lowest BCUT2D eigenvalue weighted by Gasteiger charge is -2.34. The summed E-state index contributed by atoms with van der Waals surface area (Å²) in [5.74, 6) is -0.174. The van der Waals surface area contributed by atoms with Gasteiger partial charge in [0.2, 0.25) is 0 Å². The fourth-order valence-corrected chi connectivity index (χ4v) is 2.10. The van der Waals surface area contributed by atoms with Crippen LogP contribution in [0.3, 0.4) is 0 Å². The van der Waals surface area contributed by atoms with Crippen LogP contribution in [0.15, 0.2) is 0 Å². The molecule has 0 unspecified atom stereocenters. The molecule has 0 bridgehead atoms. The molecular weight excluding hydrogens is 190 g/mol. The van der Waals surface area contributed by atoms with Gasteiger partial charge in [-0.2, -0.15) is 0 Å². The molecule has 2 N–H and O–H groups in total. The number of ether oxygens (including phenoxy) is 1. The van der Waals surface area contributed by atoms with Crippen molar-refractivity contribution in [1.82, 2.24) is 0 Å². The maximum absolute atomic E-state index is 11.6. The first-order valence-electron chi connectivity index (χ1n) is 5.91. The molecular formula is C12H21NO2. The van der Waals surface area contributed by atoms with Crippen LogP contribution in [0.4, 0.5) is 0 Å². The summed E-state index contributed by atoms with van der Waals surface area (Å²) in [5.41, 5.74) is 5.59. The summed E-state index contributed by atoms with van der Waals surface area (Å²) in [5, 5.41) is 0. The minimum Gasteiger partial charge on any atom is -0.461 e. The van der Waals surface area contributed by atoms with Gasteiger partial charge >= 0.3 is 5.97 Å². The SMILES string of the molecule is CC1(C)CCC(OC(=O)C2(N)CC2)CC1. The summed E-state index contributed by atoms with van der Waals surface area (Å²) in [6.07, 6.45) is 5.98. The number of nitrogens with two attached hydrogens (primary N) is 1. The monoisotopic (exact) mass is 211 g/mol. The first-order valence-corrected chi connectivity index (χ1v) is 5.91. The zero-order valence-corrected chi connectivity index (χ0v) is 9.71. The van der Waals surface area contributed by atoms with Gasteiger partial charge in [-0.25, -0.2) is 0 Å². The predicted octanol–water partition coefficient (Wildman–Crippen LogP) is 1.99. The average Bonchev–Trinajstić information content (AvgIpc) is 2.89. The number of esters is 1. The maximum Gasteiger partial charge on any atom is 0.326 e. The van der Waals surface area contributed by atoms with Crippen molar-refractivity contribution in [3.05, 3.63) is 0 Å². The van der Waals surface area contributed by atoms with Gasteiger partial charge in [-0.15, -0.1) is 0 Å². The van der Waals surface area contributed by atoms with E-state index in [1.165, 1.54) is 0 Å². The summed E-state index contributed by atoms with van der Waals surface area (Å²) in [6.45, 7) is 4.55. The van der Waals surface area contributed by atoms with E-state index in [9.17, 15) is 4.79 Å². The van der Waals surface area contributed by atoms with E-state index in [1.54, 1.807) is 0 Å². The zero-order chi connectivity index (χ0) is 11.1. The summed E-state index contributed by atoms with van der Waals surface area (Å²) >= 11 is 0. The van der Waals surface area contributed by atoms with E-state index in [1.807, 2.05) is 0 Å². The van der Waals surface area contributed by atoms with Crippen LogP contribution in [-0.4, -0.2) is 17.6 Å². The maximum atomic E-state index is 11.6. The Labute approximate surface area is 91.4 Å². The van der Waals surface area contributed by atoms with Crippen LogP contribution in [0, 0.1) is 5.41 Å². The molecule has 0 atom stereocenters. The minimum atomic E-state index is -0.618. The van der Waals surface area contributed by atoms with Crippen molar-refractivity contribution in [3.63, 3.8) is 0 Å². The van der Waals surface area contributed by atoms with E-state index < -0.39 is 5.54 Å². The van der Waals surface area contributed by atoms with Crippen molar-refractivity contribution in [2.45, 2.75) is 64.0 Å². The van der Waals surface area contributed by atoms with E-state index >= 15 is 0 Å². The molecule has 2 saturated carbocycles. The molecule has 3 nitrogen and oxygen atoms in total. The molecule has 2 aliphatic carbocycles. The summed E-state index contributed by atoms with van der Waals surface area (Å²) < 4.78 is 5.45. The summed E-state index contributed by atoms with van der Waals surface area (Å²) in [7, 11) is 0. The summed E-state index contributed by atoms with van der Waals surface area (Å²) in [4.78, 5) is 11.6. The number of hydrogen-bond acceptors (Lipinski definition) is 3. The average molecular weight is 211 g/mol. The van der Waals surface area contributed by atoms with Crippen LogP contribution >= 0.6 is 0 Å². The second-order valence-electron chi connectivity index (χ2n) is 5.93. The lowest BCUT2D eigenvalue weighted by Crippen LogP contribution is -2.38. The molecule has 86 valence electrons. The van der Waals surface area contributed by atoms with E-state index in [-0.39, 0.29) is 12.1 Å². The summed E-state index contributed by atoms with van der Waals surface area (Å²) in [6, 6.07) is 0. The van der Waals surface area contributed by atoms with Crippen LogP contribution in [-0.2, 0) is 9.53 Å². The largest absolute Gasteiger partial charge is 0.461 e. The standard InChI is InChI=1S/C12H21NO2/c1-11(2)5-3-9(4-6-11)15-10(14)12(13)7-8-12/h9H,3-8,13H2,1-2H3. The number of hydrogen-bond donors (Lipinski definition) is 1. The van der Waals surface area contributed by atoms with Crippen LogP contribution in [0.25, 0.3) is 0 Å². The lowest BCUT2D eigenvalue weighted by atomic mass is 9.76. The first kappa shape index (κ1) is 10.9. The van der Waals surface area contributed by atoms with Gasteiger partial charge in [-0.05, 0) is 43.9 Å².